The van der Waals surface area contributed by atoms with Crippen LogP contribution in [-0.2, 0) is 0 Å². The number of nitrogens with zero attached hydrogens (tertiary/aromatic N) is 2. The van der Waals surface area contributed by atoms with E-state index in [9.17, 15) is 4.79 Å². The monoisotopic (exact) mass is 266 g/mol. The molecule has 19 heavy (non-hydrogen) atoms. The van der Waals surface area contributed by atoms with Gasteiger partial charge in [-0.15, -0.1) is 0 Å². The zero-order valence-corrected chi connectivity index (χ0v) is 10.5. The lowest BCUT2D eigenvalue weighted by Crippen LogP contribution is -2.06. The second-order valence-corrected chi connectivity index (χ2v) is 4.17. The molecule has 0 spiro atoms. The van der Waals surface area contributed by atoms with Gasteiger partial charge in [0.15, 0.2) is 5.78 Å². The van der Waals surface area contributed by atoms with Crippen LogP contribution in [0.15, 0.2) is 42.5 Å². The first-order chi connectivity index (χ1) is 9.19. The summed E-state index contributed by atoms with van der Waals surface area (Å²) in [5.74, 6) is -0.362. The van der Waals surface area contributed by atoms with Crippen LogP contribution in [-0.4, -0.2) is 5.78 Å². The minimum Gasteiger partial charge on any atom is -0.289 e. The average Bonchev–Trinajstić information content (AvgIpc) is 2.47. The fourth-order valence-electron chi connectivity index (χ4n) is 1.74. The van der Waals surface area contributed by atoms with Crippen LogP contribution < -0.4 is 0 Å². The summed E-state index contributed by atoms with van der Waals surface area (Å²) in [6.07, 6.45) is 0. The molecule has 2 rings (SSSR count). The third kappa shape index (κ3) is 2.33. The van der Waals surface area contributed by atoms with Gasteiger partial charge in [0.2, 0.25) is 0 Å². The van der Waals surface area contributed by atoms with Gasteiger partial charge < -0.3 is 0 Å². The minimum atomic E-state index is -0.362. The third-order valence-electron chi connectivity index (χ3n) is 2.65. The zero-order valence-electron chi connectivity index (χ0n) is 9.72. The molecule has 0 amide bonds. The van der Waals surface area contributed by atoms with E-state index in [4.69, 9.17) is 22.1 Å². The molecule has 0 heterocycles. The van der Waals surface area contributed by atoms with Gasteiger partial charge >= 0.3 is 0 Å². The molecule has 0 saturated heterocycles. The molecule has 0 N–H and O–H groups in total. The van der Waals surface area contributed by atoms with Gasteiger partial charge in [0, 0.05) is 5.56 Å². The van der Waals surface area contributed by atoms with Gasteiger partial charge in [-0.2, -0.15) is 10.5 Å². The first-order valence-corrected chi connectivity index (χ1v) is 5.79. The second kappa shape index (κ2) is 5.35. The molecule has 0 aliphatic carbocycles. The summed E-state index contributed by atoms with van der Waals surface area (Å²) in [5.41, 5.74) is 0.667. The van der Waals surface area contributed by atoms with Crippen molar-refractivity contribution < 1.29 is 4.79 Å². The summed E-state index contributed by atoms with van der Waals surface area (Å²) in [6, 6.07) is 15.2. The van der Waals surface area contributed by atoms with Crippen LogP contribution in [0.2, 0.25) is 5.02 Å². The number of hydrogen-bond donors (Lipinski definition) is 0. The lowest BCUT2D eigenvalue weighted by atomic mass is 9.95. The van der Waals surface area contributed by atoms with E-state index in [1.807, 2.05) is 12.1 Å². The summed E-state index contributed by atoms with van der Waals surface area (Å²) in [7, 11) is 0. The standard InChI is InChI=1S/C15H7ClN2O/c16-13-7-6-11(8-17)12(9-18)14(13)15(19)10-4-2-1-3-5-10/h1-7H. The molecule has 0 saturated carbocycles. The molecule has 90 valence electrons. The maximum atomic E-state index is 12.4. The molecule has 0 fully saturated rings. The highest BCUT2D eigenvalue weighted by Crippen LogP contribution is 2.25. The van der Waals surface area contributed by atoms with Crippen molar-refractivity contribution >= 4 is 17.4 Å². The molecule has 0 aliphatic heterocycles. The Morgan fingerprint density at radius 3 is 2.26 bits per heavy atom. The molecule has 0 aromatic heterocycles. The quantitative estimate of drug-likeness (QED) is 0.783. The lowest BCUT2D eigenvalue weighted by Gasteiger charge is -2.07. The molecular weight excluding hydrogens is 260 g/mol. The summed E-state index contributed by atoms with van der Waals surface area (Å²) in [6.45, 7) is 0. The lowest BCUT2D eigenvalue weighted by molar-refractivity contribution is 0.103. The largest absolute Gasteiger partial charge is 0.289 e. The fourth-order valence-corrected chi connectivity index (χ4v) is 1.99. The Hall–Kier alpha value is -2.62. The average molecular weight is 267 g/mol. The number of carbonyl (C=O) groups is 1. The van der Waals surface area contributed by atoms with E-state index in [1.54, 1.807) is 30.3 Å². The zero-order chi connectivity index (χ0) is 13.8. The molecule has 0 aliphatic rings. The van der Waals surface area contributed by atoms with Gasteiger partial charge in [0.25, 0.3) is 0 Å². The second-order valence-electron chi connectivity index (χ2n) is 3.76. The van der Waals surface area contributed by atoms with E-state index in [0.29, 0.717) is 5.56 Å². The normalized spacial score (nSPS) is 9.42. The Balaban J connectivity index is 2.67. The van der Waals surface area contributed by atoms with Crippen LogP contribution in [0.3, 0.4) is 0 Å². The van der Waals surface area contributed by atoms with Gasteiger partial charge in [0.1, 0.15) is 12.1 Å². The molecule has 2 aromatic rings. The van der Waals surface area contributed by atoms with Crippen LogP contribution >= 0.6 is 11.6 Å². The van der Waals surface area contributed by atoms with E-state index >= 15 is 0 Å². The Labute approximate surface area is 115 Å². The van der Waals surface area contributed by atoms with Gasteiger partial charge in [-0.05, 0) is 12.1 Å². The van der Waals surface area contributed by atoms with Crippen LogP contribution in [0.5, 0.6) is 0 Å². The van der Waals surface area contributed by atoms with Gasteiger partial charge in [-0.25, -0.2) is 0 Å². The smallest absolute Gasteiger partial charge is 0.195 e. The molecule has 0 bridgehead atoms. The first-order valence-electron chi connectivity index (χ1n) is 5.41. The molecule has 4 heteroatoms. The maximum Gasteiger partial charge on any atom is 0.195 e. The Morgan fingerprint density at radius 2 is 1.68 bits per heavy atom. The molecule has 0 unspecified atom stereocenters. The number of rotatable bonds is 2. The highest BCUT2D eigenvalue weighted by Gasteiger charge is 2.20. The molecule has 3 nitrogen and oxygen atoms in total. The van der Waals surface area contributed by atoms with Crippen molar-refractivity contribution in [3.05, 3.63) is 69.7 Å². The summed E-state index contributed by atoms with van der Waals surface area (Å²) < 4.78 is 0. The Bertz CT molecular complexity index is 724. The van der Waals surface area contributed by atoms with E-state index in [0.717, 1.165) is 0 Å². The SMILES string of the molecule is N#Cc1ccc(Cl)c(C(=O)c2ccccc2)c1C#N. The van der Waals surface area contributed by atoms with Crippen molar-refractivity contribution in [3.8, 4) is 12.1 Å². The van der Waals surface area contributed by atoms with Crippen LogP contribution in [0.25, 0.3) is 0 Å². The fraction of sp³-hybridized carbons (Fsp3) is 0. The van der Waals surface area contributed by atoms with Crippen molar-refractivity contribution in [2.75, 3.05) is 0 Å². The molecule has 2 aromatic carbocycles. The maximum absolute atomic E-state index is 12.4. The number of benzene rings is 2. The van der Waals surface area contributed by atoms with Crippen LogP contribution in [0.1, 0.15) is 27.0 Å². The number of halogens is 1. The van der Waals surface area contributed by atoms with Crippen LogP contribution in [0, 0.1) is 22.7 Å². The summed E-state index contributed by atoms with van der Waals surface area (Å²) >= 11 is 6.00. The minimum absolute atomic E-state index is 0.0175. The highest BCUT2D eigenvalue weighted by atomic mass is 35.5. The Kier molecular flexibility index (Phi) is 3.61. The van der Waals surface area contributed by atoms with Crippen molar-refractivity contribution in [1.29, 1.82) is 10.5 Å². The van der Waals surface area contributed by atoms with E-state index < -0.39 is 0 Å². The molecular formula is C15H7ClN2O. The van der Waals surface area contributed by atoms with E-state index in [-0.39, 0.29) is 27.5 Å². The molecule has 0 atom stereocenters. The molecule has 0 radical (unpaired) electrons. The van der Waals surface area contributed by atoms with Crippen molar-refractivity contribution in [3.63, 3.8) is 0 Å². The number of nitriles is 2. The summed E-state index contributed by atoms with van der Waals surface area (Å²) in [4.78, 5) is 12.4. The number of ketones is 1. The predicted octanol–water partition coefficient (Wildman–Crippen LogP) is 3.31. The first kappa shape index (κ1) is 12.8. The van der Waals surface area contributed by atoms with Gasteiger partial charge in [-0.3, -0.25) is 4.79 Å². The number of hydrogen-bond acceptors (Lipinski definition) is 3. The van der Waals surface area contributed by atoms with E-state index in [1.165, 1.54) is 12.1 Å². The third-order valence-corrected chi connectivity index (χ3v) is 2.96. The van der Waals surface area contributed by atoms with Crippen molar-refractivity contribution in [2.45, 2.75) is 0 Å². The van der Waals surface area contributed by atoms with Crippen molar-refractivity contribution in [2.24, 2.45) is 0 Å². The Morgan fingerprint density at radius 1 is 1.00 bits per heavy atom. The topological polar surface area (TPSA) is 64.7 Å². The van der Waals surface area contributed by atoms with Gasteiger partial charge in [0.05, 0.1) is 21.7 Å². The highest BCUT2D eigenvalue weighted by molar-refractivity contribution is 6.35. The van der Waals surface area contributed by atoms with E-state index in [2.05, 4.69) is 0 Å². The van der Waals surface area contributed by atoms with Gasteiger partial charge in [-0.1, -0.05) is 41.9 Å². The number of carbonyl (C=O) groups excluding carboxylic acids is 1. The van der Waals surface area contributed by atoms with Crippen LogP contribution in [0.4, 0.5) is 0 Å². The predicted molar refractivity (Wildman–Crippen MR) is 70.8 cm³/mol. The summed E-state index contributed by atoms with van der Waals surface area (Å²) in [5, 5.41) is 18.3. The van der Waals surface area contributed by atoms with Crippen molar-refractivity contribution in [1.82, 2.24) is 0 Å².